The van der Waals surface area contributed by atoms with E-state index in [0.29, 0.717) is 37.2 Å². The number of halogens is 8. The second kappa shape index (κ2) is 12.2. The highest BCUT2D eigenvalue weighted by molar-refractivity contribution is 6.42. The number of aliphatic hydroxyl groups excluding tert-OH is 1. The molecule has 0 bridgehead atoms. The van der Waals surface area contributed by atoms with Gasteiger partial charge in [0.1, 0.15) is 0 Å². The van der Waals surface area contributed by atoms with Crippen molar-refractivity contribution in [3.05, 3.63) is 68.7 Å². The predicted octanol–water partition coefficient (Wildman–Crippen LogP) is 6.53. The number of benzene rings is 2. The van der Waals surface area contributed by atoms with Crippen LogP contribution in [0.3, 0.4) is 0 Å². The highest BCUT2D eigenvalue weighted by Gasteiger charge is 2.37. The van der Waals surface area contributed by atoms with Gasteiger partial charge in [-0.25, -0.2) is 0 Å². The maximum absolute atomic E-state index is 13.2. The van der Waals surface area contributed by atoms with Crippen LogP contribution in [0.15, 0.2) is 36.4 Å². The maximum Gasteiger partial charge on any atom is 0.416 e. The second-order valence-electron chi connectivity index (χ2n) is 9.14. The first-order valence-electron chi connectivity index (χ1n) is 11.6. The Hall–Kier alpha value is -2.01. The van der Waals surface area contributed by atoms with Crippen LogP contribution in [0.2, 0.25) is 10.0 Å². The average Bonchev–Trinajstić information content (AvgIpc) is 2.83. The minimum Gasteiger partial charge on any atom is -0.396 e. The van der Waals surface area contributed by atoms with Crippen molar-refractivity contribution in [1.82, 2.24) is 10.2 Å². The van der Waals surface area contributed by atoms with Crippen LogP contribution in [0.1, 0.15) is 47.4 Å². The molecule has 12 heteroatoms. The summed E-state index contributed by atoms with van der Waals surface area (Å²) in [5.41, 5.74) is -2.71. The molecule has 3 rings (SSSR count). The normalized spacial score (nSPS) is 18.0. The molecule has 2 atom stereocenters. The van der Waals surface area contributed by atoms with E-state index in [2.05, 4.69) is 10.2 Å². The molecule has 1 saturated heterocycles. The van der Waals surface area contributed by atoms with Crippen LogP contribution in [0, 0.1) is 5.92 Å². The van der Waals surface area contributed by atoms with Crippen molar-refractivity contribution in [1.29, 1.82) is 0 Å². The molecular weight excluding hydrogens is 545 g/mol. The van der Waals surface area contributed by atoms with E-state index in [1.807, 2.05) is 0 Å². The number of amides is 1. The van der Waals surface area contributed by atoms with E-state index in [4.69, 9.17) is 23.2 Å². The Bertz CT molecular complexity index is 1060. The quantitative estimate of drug-likeness (QED) is 0.355. The van der Waals surface area contributed by atoms with Crippen LogP contribution in [0.5, 0.6) is 0 Å². The van der Waals surface area contributed by atoms with Gasteiger partial charge in [0, 0.05) is 19.7 Å². The molecule has 37 heavy (non-hydrogen) atoms. The van der Waals surface area contributed by atoms with Gasteiger partial charge in [-0.05, 0) is 79.7 Å². The average molecular weight is 571 g/mol. The fraction of sp³-hybridized carbons (Fsp3) is 0.480. The van der Waals surface area contributed by atoms with E-state index < -0.39 is 41.8 Å². The van der Waals surface area contributed by atoms with Gasteiger partial charge in [-0.2, -0.15) is 26.3 Å². The third-order valence-corrected chi connectivity index (χ3v) is 7.11. The van der Waals surface area contributed by atoms with Gasteiger partial charge < -0.3 is 15.3 Å². The summed E-state index contributed by atoms with van der Waals surface area (Å²) < 4.78 is 79.1. The van der Waals surface area contributed by atoms with Crippen molar-refractivity contribution in [2.75, 3.05) is 26.2 Å². The molecule has 0 radical (unpaired) electrons. The number of alkyl halides is 6. The Morgan fingerprint density at radius 2 is 1.68 bits per heavy atom. The molecule has 2 aromatic carbocycles. The molecule has 204 valence electrons. The lowest BCUT2D eigenvalue weighted by Gasteiger charge is -2.32. The van der Waals surface area contributed by atoms with Crippen molar-refractivity contribution in [3.63, 3.8) is 0 Å². The lowest BCUT2D eigenvalue weighted by atomic mass is 9.93. The molecule has 0 aromatic heterocycles. The highest BCUT2D eigenvalue weighted by atomic mass is 35.5. The van der Waals surface area contributed by atoms with Gasteiger partial charge in [-0.3, -0.25) is 4.79 Å². The van der Waals surface area contributed by atoms with Crippen molar-refractivity contribution < 1.29 is 36.2 Å². The van der Waals surface area contributed by atoms with E-state index >= 15 is 0 Å². The van der Waals surface area contributed by atoms with Crippen LogP contribution < -0.4 is 5.32 Å². The molecule has 2 N–H and O–H groups in total. The number of likely N-dealkylation sites (tertiary alicyclic amines) is 1. The number of nitrogens with one attached hydrogen (secondary N) is 1. The number of rotatable bonds is 8. The smallest absolute Gasteiger partial charge is 0.396 e. The second-order valence-corrected chi connectivity index (χ2v) is 9.95. The zero-order chi connectivity index (χ0) is 27.4. The summed E-state index contributed by atoms with van der Waals surface area (Å²) in [6, 6.07) is 5.87. The van der Waals surface area contributed by atoms with Crippen LogP contribution in [-0.4, -0.2) is 42.2 Å². The monoisotopic (exact) mass is 570 g/mol. The molecule has 1 aliphatic rings. The summed E-state index contributed by atoms with van der Waals surface area (Å²) in [5.74, 6) is -1.22. The lowest BCUT2D eigenvalue weighted by Crippen LogP contribution is -2.39. The first kappa shape index (κ1) is 29.5. The molecule has 0 spiro atoms. The molecule has 1 aliphatic heterocycles. The summed E-state index contributed by atoms with van der Waals surface area (Å²) in [6.07, 6.45) is -7.85. The van der Waals surface area contributed by atoms with Crippen molar-refractivity contribution in [2.45, 2.75) is 44.1 Å². The molecule has 2 aromatic rings. The molecule has 4 nitrogen and oxygen atoms in total. The van der Waals surface area contributed by atoms with Gasteiger partial charge in [-0.15, -0.1) is 0 Å². The Balaban J connectivity index is 1.80. The van der Waals surface area contributed by atoms with Crippen LogP contribution in [0.25, 0.3) is 0 Å². The third kappa shape index (κ3) is 8.24. The zero-order valence-electron chi connectivity index (χ0n) is 19.6. The number of aliphatic hydroxyl groups is 1. The molecule has 1 amide bonds. The number of nitrogens with zero attached hydrogens (tertiary/aromatic N) is 1. The lowest BCUT2D eigenvalue weighted by molar-refractivity contribution is -0.143. The van der Waals surface area contributed by atoms with E-state index in [9.17, 15) is 36.2 Å². The van der Waals surface area contributed by atoms with E-state index in [1.165, 1.54) is 12.1 Å². The fourth-order valence-corrected chi connectivity index (χ4v) is 4.73. The Labute approximate surface area is 220 Å². The first-order valence-corrected chi connectivity index (χ1v) is 12.4. The minimum absolute atomic E-state index is 0.0437. The number of hydrogen-bond acceptors (Lipinski definition) is 3. The molecule has 2 unspecified atom stereocenters. The summed E-state index contributed by atoms with van der Waals surface area (Å²) >= 11 is 12.1. The maximum atomic E-state index is 13.2. The molecule has 0 aliphatic carbocycles. The van der Waals surface area contributed by atoms with Gasteiger partial charge in [0.25, 0.3) is 0 Å². The number of carbonyl (C=O) groups excluding carboxylic acids is 1. The minimum atomic E-state index is -4.98. The predicted molar refractivity (Wildman–Crippen MR) is 128 cm³/mol. The summed E-state index contributed by atoms with van der Waals surface area (Å²) in [4.78, 5) is 15.3. The fourth-order valence-electron chi connectivity index (χ4n) is 4.43. The first-order chi connectivity index (χ1) is 17.3. The van der Waals surface area contributed by atoms with Gasteiger partial charge >= 0.3 is 12.4 Å². The largest absolute Gasteiger partial charge is 0.416 e. The highest BCUT2D eigenvalue weighted by Crippen LogP contribution is 2.36. The Morgan fingerprint density at radius 3 is 2.24 bits per heavy atom. The Morgan fingerprint density at radius 1 is 1.03 bits per heavy atom. The van der Waals surface area contributed by atoms with Gasteiger partial charge in [0.05, 0.1) is 27.1 Å². The van der Waals surface area contributed by atoms with Gasteiger partial charge in [-0.1, -0.05) is 29.3 Å². The topological polar surface area (TPSA) is 52.6 Å². The van der Waals surface area contributed by atoms with E-state index in [1.54, 1.807) is 6.07 Å². The molecule has 0 saturated carbocycles. The third-order valence-electron chi connectivity index (χ3n) is 6.37. The van der Waals surface area contributed by atoms with Crippen molar-refractivity contribution >= 4 is 29.1 Å². The van der Waals surface area contributed by atoms with E-state index in [-0.39, 0.29) is 34.2 Å². The summed E-state index contributed by atoms with van der Waals surface area (Å²) in [7, 11) is 0. The Kier molecular flexibility index (Phi) is 9.77. The molecular formula is C25H26Cl2F6N2O2. The zero-order valence-corrected chi connectivity index (χ0v) is 21.1. The number of hydrogen-bond donors (Lipinski definition) is 2. The van der Waals surface area contributed by atoms with Crippen LogP contribution in [0.4, 0.5) is 26.3 Å². The number of piperidine rings is 1. The summed E-state index contributed by atoms with van der Waals surface area (Å²) in [6.45, 7) is 1.48. The van der Waals surface area contributed by atoms with Crippen molar-refractivity contribution in [3.8, 4) is 0 Å². The van der Waals surface area contributed by atoms with E-state index in [0.717, 1.165) is 19.4 Å². The molecule has 1 heterocycles. The SMILES string of the molecule is O=C(NCc1cc(C(F)(F)F)cc(C(F)(F)F)c1)C(CCN1CCCC(CO)C1)c1ccc(Cl)c(Cl)c1. The number of carbonyl (C=O) groups is 1. The van der Waals surface area contributed by atoms with Crippen LogP contribution in [-0.2, 0) is 23.7 Å². The van der Waals surface area contributed by atoms with Gasteiger partial charge in [0.2, 0.25) is 5.91 Å². The van der Waals surface area contributed by atoms with Crippen LogP contribution >= 0.6 is 23.2 Å². The summed E-state index contributed by atoms with van der Waals surface area (Å²) in [5, 5.41) is 12.4. The van der Waals surface area contributed by atoms with Gasteiger partial charge in [0.15, 0.2) is 0 Å². The molecule has 1 fully saturated rings. The standard InChI is InChI=1S/C25H26Cl2F6N2O2/c26-21-4-3-17(10-22(21)27)20(5-7-35-6-1-2-15(13-35)14-36)23(37)34-12-16-8-18(24(28,29)30)11-19(9-16)25(31,32)33/h3-4,8-11,15,20,36H,1-2,5-7,12-14H2,(H,34,37). The van der Waals surface area contributed by atoms with Crippen molar-refractivity contribution in [2.24, 2.45) is 5.92 Å².